The molecule has 0 aliphatic carbocycles. The first kappa shape index (κ1) is 12.9. The van der Waals surface area contributed by atoms with Gasteiger partial charge < -0.3 is 0 Å². The lowest BCUT2D eigenvalue weighted by molar-refractivity contribution is -0.291. The molecule has 9 heteroatoms. The van der Waals surface area contributed by atoms with E-state index < -0.39 is 28.5 Å². The van der Waals surface area contributed by atoms with E-state index in [0.29, 0.717) is 4.68 Å². The van der Waals surface area contributed by atoms with Gasteiger partial charge in [-0.3, -0.25) is 9.48 Å². The molecule has 0 aliphatic rings. The molecule has 1 aromatic rings. The van der Waals surface area contributed by atoms with Crippen molar-refractivity contribution in [3.05, 3.63) is 16.4 Å². The highest BCUT2D eigenvalue weighted by Crippen LogP contribution is 2.45. The van der Waals surface area contributed by atoms with Crippen molar-refractivity contribution in [3.63, 3.8) is 0 Å². The highest BCUT2D eigenvalue weighted by molar-refractivity contribution is 6.32. The van der Waals surface area contributed by atoms with Gasteiger partial charge >= 0.3 is 12.1 Å². The van der Waals surface area contributed by atoms with Crippen LogP contribution in [0.25, 0.3) is 0 Å². The summed E-state index contributed by atoms with van der Waals surface area (Å²) in [6.07, 6.45) is -6.02. The minimum Gasteiger partial charge on any atom is -0.298 e. The Morgan fingerprint density at radius 2 is 1.81 bits per heavy atom. The van der Waals surface area contributed by atoms with Gasteiger partial charge in [0.1, 0.15) is 5.15 Å². The molecule has 0 aromatic carbocycles. The fourth-order valence-corrected chi connectivity index (χ4v) is 1.16. The Bertz CT molecular complexity index is 425. The zero-order chi connectivity index (χ0) is 12.7. The predicted molar refractivity (Wildman–Crippen MR) is 43.6 cm³/mol. The molecule has 90 valence electrons. The maximum Gasteiger partial charge on any atom is 0.459 e. The van der Waals surface area contributed by atoms with Crippen molar-refractivity contribution in [3.8, 4) is 0 Å². The van der Waals surface area contributed by atoms with Crippen LogP contribution < -0.4 is 0 Å². The molecule has 0 saturated heterocycles. The van der Waals surface area contributed by atoms with E-state index in [1.807, 2.05) is 0 Å². The van der Waals surface area contributed by atoms with E-state index in [0.717, 1.165) is 7.05 Å². The lowest BCUT2D eigenvalue weighted by atomic mass is 10.1. The van der Waals surface area contributed by atoms with Gasteiger partial charge in [0.05, 0.1) is 5.56 Å². The van der Waals surface area contributed by atoms with Gasteiger partial charge in [0, 0.05) is 7.05 Å². The minimum absolute atomic E-state index is 0.190. The first-order valence-electron chi connectivity index (χ1n) is 3.75. The van der Waals surface area contributed by atoms with Gasteiger partial charge in [-0.2, -0.15) is 27.1 Å². The van der Waals surface area contributed by atoms with E-state index in [1.165, 1.54) is 0 Å². The zero-order valence-electron chi connectivity index (χ0n) is 7.65. The fourth-order valence-electron chi connectivity index (χ4n) is 0.990. The Hall–Kier alpha value is -1.18. The van der Waals surface area contributed by atoms with Crippen molar-refractivity contribution in [2.24, 2.45) is 7.05 Å². The standard InChI is InChI=1S/C7H4ClF5N2O/c1-15-5(8)3(2-16)4(14-15)6(9,10)7(11,12)13/h2H,1H3. The SMILES string of the molecule is Cn1nc(C(F)(F)C(F)(F)F)c(C=O)c1Cl. The van der Waals surface area contributed by atoms with Gasteiger partial charge in [0.25, 0.3) is 0 Å². The molecule has 1 rings (SSSR count). The molecule has 1 heterocycles. The van der Waals surface area contributed by atoms with Crippen LogP contribution in [0.15, 0.2) is 0 Å². The summed E-state index contributed by atoms with van der Waals surface area (Å²) in [5.41, 5.74) is -2.66. The quantitative estimate of drug-likeness (QED) is 0.606. The van der Waals surface area contributed by atoms with Gasteiger partial charge in [0.15, 0.2) is 12.0 Å². The molecule has 0 saturated carbocycles. The number of aldehydes is 1. The van der Waals surface area contributed by atoms with Crippen LogP contribution in [0.1, 0.15) is 16.1 Å². The van der Waals surface area contributed by atoms with Gasteiger partial charge in [0.2, 0.25) is 0 Å². The molecule has 0 bridgehead atoms. The second-order valence-corrected chi connectivity index (χ2v) is 3.22. The number of carbonyl (C=O) groups excluding carboxylic acids is 1. The number of rotatable bonds is 2. The number of aromatic nitrogens is 2. The van der Waals surface area contributed by atoms with E-state index in [9.17, 15) is 26.7 Å². The molecule has 0 spiro atoms. The molecular weight excluding hydrogens is 259 g/mol. The van der Waals surface area contributed by atoms with Crippen LogP contribution >= 0.6 is 11.6 Å². The van der Waals surface area contributed by atoms with Crippen molar-refractivity contribution in [1.82, 2.24) is 9.78 Å². The van der Waals surface area contributed by atoms with Gasteiger partial charge in [-0.25, -0.2) is 0 Å². The Morgan fingerprint density at radius 3 is 2.19 bits per heavy atom. The highest BCUT2D eigenvalue weighted by atomic mass is 35.5. The van der Waals surface area contributed by atoms with E-state index in [-0.39, 0.29) is 6.29 Å². The normalized spacial score (nSPS) is 12.9. The van der Waals surface area contributed by atoms with Crippen LogP contribution in [-0.4, -0.2) is 22.2 Å². The third kappa shape index (κ3) is 1.77. The smallest absolute Gasteiger partial charge is 0.298 e. The maximum atomic E-state index is 12.9. The Balaban J connectivity index is 3.45. The van der Waals surface area contributed by atoms with E-state index in [2.05, 4.69) is 5.10 Å². The molecule has 1 aromatic heterocycles. The molecule has 3 nitrogen and oxygen atoms in total. The molecule has 0 aliphatic heterocycles. The van der Waals surface area contributed by atoms with Crippen LogP contribution in [0.2, 0.25) is 5.15 Å². The average Bonchev–Trinajstić information content (AvgIpc) is 2.42. The second-order valence-electron chi connectivity index (χ2n) is 2.87. The maximum absolute atomic E-state index is 12.9. The topological polar surface area (TPSA) is 34.9 Å². The first-order chi connectivity index (χ1) is 7.13. The van der Waals surface area contributed by atoms with Crippen molar-refractivity contribution >= 4 is 17.9 Å². The summed E-state index contributed by atoms with van der Waals surface area (Å²) in [4.78, 5) is 10.4. The van der Waals surface area contributed by atoms with Crippen molar-refractivity contribution in [2.45, 2.75) is 12.1 Å². The van der Waals surface area contributed by atoms with Gasteiger partial charge in [-0.05, 0) is 0 Å². The van der Waals surface area contributed by atoms with E-state index >= 15 is 0 Å². The number of hydrogen-bond donors (Lipinski definition) is 0. The summed E-state index contributed by atoms with van der Waals surface area (Å²) in [7, 11) is 1.05. The van der Waals surface area contributed by atoms with Gasteiger partial charge in [-0.1, -0.05) is 11.6 Å². The van der Waals surface area contributed by atoms with Crippen LogP contribution in [0.5, 0.6) is 0 Å². The first-order valence-corrected chi connectivity index (χ1v) is 4.13. The van der Waals surface area contributed by atoms with Gasteiger partial charge in [-0.15, -0.1) is 0 Å². The number of halogens is 6. The lowest BCUT2D eigenvalue weighted by Crippen LogP contribution is -2.35. The molecular formula is C7H4ClF5N2O. The van der Waals surface area contributed by atoms with Crippen LogP contribution in [0.3, 0.4) is 0 Å². The number of nitrogens with zero attached hydrogens (tertiary/aromatic N) is 2. The summed E-state index contributed by atoms with van der Waals surface area (Å²) in [6, 6.07) is 0. The molecule has 16 heavy (non-hydrogen) atoms. The van der Waals surface area contributed by atoms with Crippen LogP contribution in [0, 0.1) is 0 Å². The summed E-state index contributed by atoms with van der Waals surface area (Å²) < 4.78 is 62.4. The largest absolute Gasteiger partial charge is 0.459 e. The molecule has 0 unspecified atom stereocenters. The number of alkyl halides is 5. The summed E-state index contributed by atoms with van der Waals surface area (Å²) in [6.45, 7) is 0. The second kappa shape index (κ2) is 3.69. The van der Waals surface area contributed by atoms with E-state index in [1.54, 1.807) is 0 Å². The van der Waals surface area contributed by atoms with Crippen molar-refractivity contribution in [1.29, 1.82) is 0 Å². The highest BCUT2D eigenvalue weighted by Gasteiger charge is 2.61. The Morgan fingerprint density at radius 1 is 1.31 bits per heavy atom. The zero-order valence-corrected chi connectivity index (χ0v) is 8.40. The molecule has 0 radical (unpaired) electrons. The Labute approximate surface area is 90.8 Å². The molecule has 0 N–H and O–H groups in total. The predicted octanol–water partition coefficient (Wildman–Crippen LogP) is 2.54. The average molecular weight is 263 g/mol. The lowest BCUT2D eigenvalue weighted by Gasteiger charge is -2.17. The third-order valence-electron chi connectivity index (χ3n) is 1.78. The third-order valence-corrected chi connectivity index (χ3v) is 2.23. The Kier molecular flexibility index (Phi) is 2.97. The number of hydrogen-bond acceptors (Lipinski definition) is 2. The molecule has 0 amide bonds. The van der Waals surface area contributed by atoms with Crippen LogP contribution in [0.4, 0.5) is 22.0 Å². The molecule has 0 atom stereocenters. The van der Waals surface area contributed by atoms with Crippen molar-refractivity contribution in [2.75, 3.05) is 0 Å². The number of carbonyl (C=O) groups is 1. The monoisotopic (exact) mass is 262 g/mol. The van der Waals surface area contributed by atoms with Crippen molar-refractivity contribution < 1.29 is 26.7 Å². The summed E-state index contributed by atoms with van der Waals surface area (Å²) in [5, 5.41) is 2.33. The van der Waals surface area contributed by atoms with E-state index in [4.69, 9.17) is 11.6 Å². The number of aryl methyl sites for hydroxylation is 1. The fraction of sp³-hybridized carbons (Fsp3) is 0.429. The molecule has 0 fully saturated rings. The van der Waals surface area contributed by atoms with Crippen LogP contribution in [-0.2, 0) is 13.0 Å². The summed E-state index contributed by atoms with van der Waals surface area (Å²) in [5.74, 6) is -5.21. The summed E-state index contributed by atoms with van der Waals surface area (Å²) >= 11 is 5.34. The minimum atomic E-state index is -5.83.